The number of nitrogens with one attached hydrogen (secondary N) is 2. The second kappa shape index (κ2) is 8.10. The molecular formula is C11H19N3O6. The van der Waals surface area contributed by atoms with Crippen molar-refractivity contribution in [2.75, 3.05) is 0 Å². The normalized spacial score (nSPS) is 14.8. The lowest BCUT2D eigenvalue weighted by atomic mass is 10.1. The number of amides is 3. The highest BCUT2D eigenvalue weighted by atomic mass is 16.4. The van der Waals surface area contributed by atoms with Crippen molar-refractivity contribution in [2.24, 2.45) is 5.73 Å². The van der Waals surface area contributed by atoms with Crippen molar-refractivity contribution in [3.05, 3.63) is 0 Å². The van der Waals surface area contributed by atoms with Gasteiger partial charge in [0.15, 0.2) is 0 Å². The summed E-state index contributed by atoms with van der Waals surface area (Å²) in [5.41, 5.74) is 4.90. The van der Waals surface area contributed by atoms with Gasteiger partial charge in [-0.2, -0.15) is 0 Å². The van der Waals surface area contributed by atoms with Gasteiger partial charge in [0, 0.05) is 6.42 Å². The van der Waals surface area contributed by atoms with Gasteiger partial charge < -0.3 is 26.6 Å². The Hall–Kier alpha value is -2.16. The van der Waals surface area contributed by atoms with Gasteiger partial charge in [-0.15, -0.1) is 0 Å². The standard InChI is InChI=1S/C11H19N3O6/c1-5(13-10(18)6(2)15)9(17)14-7(11(19)20)3-4-8(12)16/h5-7,15H,3-4H2,1-2H3,(H2,12,16)(H,13,18)(H,14,17)(H,19,20)/t5-,6+,7+/m0/s1. The third-order valence-corrected chi connectivity index (χ3v) is 2.43. The van der Waals surface area contributed by atoms with Crippen molar-refractivity contribution < 1.29 is 29.4 Å². The van der Waals surface area contributed by atoms with Gasteiger partial charge in [-0.25, -0.2) is 4.79 Å². The van der Waals surface area contributed by atoms with E-state index in [0.717, 1.165) is 0 Å². The van der Waals surface area contributed by atoms with Crippen molar-refractivity contribution in [3.8, 4) is 0 Å². The van der Waals surface area contributed by atoms with E-state index in [9.17, 15) is 19.2 Å². The minimum atomic E-state index is -1.31. The molecule has 3 atom stereocenters. The number of nitrogens with two attached hydrogens (primary N) is 1. The van der Waals surface area contributed by atoms with Crippen molar-refractivity contribution >= 4 is 23.7 Å². The molecule has 20 heavy (non-hydrogen) atoms. The third-order valence-electron chi connectivity index (χ3n) is 2.43. The number of carboxylic acids is 1. The van der Waals surface area contributed by atoms with Crippen molar-refractivity contribution in [1.82, 2.24) is 10.6 Å². The lowest BCUT2D eigenvalue weighted by Crippen LogP contribution is -2.51. The summed E-state index contributed by atoms with van der Waals surface area (Å²) in [5.74, 6) is -3.48. The maximum atomic E-state index is 11.7. The molecule has 6 N–H and O–H groups in total. The maximum Gasteiger partial charge on any atom is 0.326 e. The fraction of sp³-hybridized carbons (Fsp3) is 0.636. The zero-order chi connectivity index (χ0) is 15.9. The molecule has 0 fully saturated rings. The molecule has 0 aliphatic carbocycles. The molecule has 0 rings (SSSR count). The summed E-state index contributed by atoms with van der Waals surface area (Å²) < 4.78 is 0. The molecule has 0 saturated carbocycles. The third kappa shape index (κ3) is 6.69. The molecule has 0 aromatic carbocycles. The van der Waals surface area contributed by atoms with Crippen LogP contribution in [0.1, 0.15) is 26.7 Å². The predicted octanol–water partition coefficient (Wildman–Crippen LogP) is -2.29. The number of carboxylic acid groups (broad SMARTS) is 1. The van der Waals surface area contributed by atoms with Gasteiger partial charge >= 0.3 is 5.97 Å². The summed E-state index contributed by atoms with van der Waals surface area (Å²) in [6, 6.07) is -2.30. The molecule has 0 saturated heterocycles. The molecule has 114 valence electrons. The van der Waals surface area contributed by atoms with Crippen LogP contribution in [0.15, 0.2) is 0 Å². The summed E-state index contributed by atoms with van der Waals surface area (Å²) in [7, 11) is 0. The maximum absolute atomic E-state index is 11.7. The van der Waals surface area contributed by atoms with E-state index in [-0.39, 0.29) is 12.8 Å². The van der Waals surface area contributed by atoms with Crippen LogP contribution in [0.4, 0.5) is 0 Å². The van der Waals surface area contributed by atoms with Crippen LogP contribution in [-0.2, 0) is 19.2 Å². The Morgan fingerprint density at radius 1 is 1.10 bits per heavy atom. The Balaban J connectivity index is 4.48. The van der Waals surface area contributed by atoms with Gasteiger partial charge in [0.25, 0.3) is 0 Å². The number of aliphatic carboxylic acids is 1. The molecule has 9 heteroatoms. The zero-order valence-corrected chi connectivity index (χ0v) is 11.3. The van der Waals surface area contributed by atoms with Crippen LogP contribution in [0.5, 0.6) is 0 Å². The first-order valence-corrected chi connectivity index (χ1v) is 5.95. The average Bonchev–Trinajstić information content (AvgIpc) is 2.32. The number of aliphatic hydroxyl groups excluding tert-OH is 1. The molecule has 0 unspecified atom stereocenters. The molecule has 0 bridgehead atoms. The van der Waals surface area contributed by atoms with E-state index in [1.54, 1.807) is 0 Å². The van der Waals surface area contributed by atoms with E-state index in [1.807, 2.05) is 0 Å². The number of hydrogen-bond donors (Lipinski definition) is 5. The van der Waals surface area contributed by atoms with Crippen LogP contribution in [0.3, 0.4) is 0 Å². The molecule has 0 aliphatic rings. The number of hydrogen-bond acceptors (Lipinski definition) is 5. The van der Waals surface area contributed by atoms with E-state index < -0.39 is 41.9 Å². The first-order chi connectivity index (χ1) is 9.15. The lowest BCUT2D eigenvalue weighted by molar-refractivity contribution is -0.142. The molecular weight excluding hydrogens is 270 g/mol. The topological polar surface area (TPSA) is 159 Å². The van der Waals surface area contributed by atoms with E-state index in [0.29, 0.717) is 0 Å². The first kappa shape index (κ1) is 17.8. The first-order valence-electron chi connectivity index (χ1n) is 5.95. The number of primary amides is 1. The average molecular weight is 289 g/mol. The van der Waals surface area contributed by atoms with Crippen LogP contribution in [0.25, 0.3) is 0 Å². The summed E-state index contributed by atoms with van der Waals surface area (Å²) in [6.07, 6.45) is -1.62. The second-order valence-electron chi connectivity index (χ2n) is 4.31. The Morgan fingerprint density at radius 2 is 1.65 bits per heavy atom. The highest BCUT2D eigenvalue weighted by Gasteiger charge is 2.24. The number of aliphatic hydroxyl groups is 1. The Labute approximate surface area is 115 Å². The number of rotatable bonds is 8. The molecule has 9 nitrogen and oxygen atoms in total. The summed E-state index contributed by atoms with van der Waals surface area (Å²) >= 11 is 0. The van der Waals surface area contributed by atoms with Crippen LogP contribution < -0.4 is 16.4 Å². The monoisotopic (exact) mass is 289 g/mol. The van der Waals surface area contributed by atoms with Crippen molar-refractivity contribution in [1.29, 1.82) is 0 Å². The fourth-order valence-electron chi connectivity index (χ4n) is 1.24. The lowest BCUT2D eigenvalue weighted by Gasteiger charge is -2.18. The fourth-order valence-corrected chi connectivity index (χ4v) is 1.24. The van der Waals surface area contributed by atoms with Crippen LogP contribution in [-0.4, -0.2) is 52.1 Å². The molecule has 0 aromatic heterocycles. The van der Waals surface area contributed by atoms with Gasteiger partial charge in [-0.1, -0.05) is 0 Å². The van der Waals surface area contributed by atoms with Gasteiger partial charge in [-0.05, 0) is 20.3 Å². The van der Waals surface area contributed by atoms with Gasteiger partial charge in [0.05, 0.1) is 0 Å². The number of carbonyl (C=O) groups excluding carboxylic acids is 3. The highest BCUT2D eigenvalue weighted by Crippen LogP contribution is 1.98. The second-order valence-corrected chi connectivity index (χ2v) is 4.31. The molecule has 3 amide bonds. The van der Waals surface area contributed by atoms with E-state index in [1.165, 1.54) is 13.8 Å². The molecule has 0 heterocycles. The Bertz CT molecular complexity index is 396. The molecule has 0 aliphatic heterocycles. The van der Waals surface area contributed by atoms with Crippen molar-refractivity contribution in [3.63, 3.8) is 0 Å². The summed E-state index contributed by atoms with van der Waals surface area (Å²) in [4.78, 5) is 44.4. The van der Waals surface area contributed by atoms with Gasteiger partial charge in [0.2, 0.25) is 17.7 Å². The quantitative estimate of drug-likeness (QED) is 0.338. The molecule has 0 spiro atoms. The highest BCUT2D eigenvalue weighted by molar-refractivity contribution is 5.91. The Morgan fingerprint density at radius 3 is 2.05 bits per heavy atom. The molecule has 0 radical (unpaired) electrons. The summed E-state index contributed by atoms with van der Waals surface area (Å²) in [6.45, 7) is 2.56. The van der Waals surface area contributed by atoms with Crippen LogP contribution in [0, 0.1) is 0 Å². The van der Waals surface area contributed by atoms with Gasteiger partial charge in [-0.3, -0.25) is 14.4 Å². The zero-order valence-electron chi connectivity index (χ0n) is 11.3. The van der Waals surface area contributed by atoms with Crippen molar-refractivity contribution in [2.45, 2.75) is 44.9 Å². The number of carbonyl (C=O) groups is 4. The minimum absolute atomic E-state index is 0.145. The largest absolute Gasteiger partial charge is 0.480 e. The van der Waals surface area contributed by atoms with E-state index in [4.69, 9.17) is 15.9 Å². The smallest absolute Gasteiger partial charge is 0.326 e. The molecule has 0 aromatic rings. The minimum Gasteiger partial charge on any atom is -0.480 e. The van der Waals surface area contributed by atoms with Crippen LogP contribution >= 0.6 is 0 Å². The van der Waals surface area contributed by atoms with Gasteiger partial charge in [0.1, 0.15) is 18.2 Å². The predicted molar refractivity (Wildman–Crippen MR) is 67.3 cm³/mol. The van der Waals surface area contributed by atoms with E-state index in [2.05, 4.69) is 10.6 Å². The SMILES string of the molecule is C[C@H](NC(=O)[C@@H](C)O)C(=O)N[C@H](CCC(N)=O)C(=O)O. The summed E-state index contributed by atoms with van der Waals surface area (Å²) in [5, 5.41) is 22.2. The van der Waals surface area contributed by atoms with Crippen LogP contribution in [0.2, 0.25) is 0 Å². The Kier molecular flexibility index (Phi) is 7.22. The van der Waals surface area contributed by atoms with E-state index >= 15 is 0 Å².